The molecule has 6 nitrogen and oxygen atoms in total. The SMILES string of the molecule is CN(CC1CCCN1C)C(=O)N1CCSCC1C(=O)O. The lowest BCUT2D eigenvalue weighted by atomic mass is 10.2. The van der Waals surface area contributed by atoms with E-state index in [0.717, 1.165) is 18.7 Å². The molecule has 2 aliphatic heterocycles. The monoisotopic (exact) mass is 301 g/mol. The van der Waals surface area contributed by atoms with E-state index in [2.05, 4.69) is 11.9 Å². The van der Waals surface area contributed by atoms with Crippen molar-refractivity contribution < 1.29 is 14.7 Å². The van der Waals surface area contributed by atoms with Crippen molar-refractivity contribution >= 4 is 23.8 Å². The number of urea groups is 1. The molecule has 0 saturated carbocycles. The number of amides is 2. The second-order valence-electron chi connectivity index (χ2n) is 5.56. The smallest absolute Gasteiger partial charge is 0.327 e. The van der Waals surface area contributed by atoms with Crippen molar-refractivity contribution in [3.8, 4) is 0 Å². The summed E-state index contributed by atoms with van der Waals surface area (Å²) >= 11 is 1.60. The third kappa shape index (κ3) is 3.38. The number of nitrogens with zero attached hydrogens (tertiary/aromatic N) is 3. The summed E-state index contributed by atoms with van der Waals surface area (Å²) in [6, 6.07) is -0.450. The summed E-state index contributed by atoms with van der Waals surface area (Å²) in [4.78, 5) is 29.2. The molecule has 0 aromatic rings. The highest BCUT2D eigenvalue weighted by atomic mass is 32.2. The molecular formula is C13H23N3O3S. The zero-order valence-electron chi connectivity index (χ0n) is 12.1. The number of likely N-dealkylation sites (N-methyl/N-ethyl adjacent to an activating group) is 2. The Morgan fingerprint density at radius 2 is 2.15 bits per heavy atom. The van der Waals surface area contributed by atoms with E-state index in [1.165, 1.54) is 11.3 Å². The first-order chi connectivity index (χ1) is 9.50. The molecule has 0 bridgehead atoms. The Kier molecular flexibility index (Phi) is 5.15. The summed E-state index contributed by atoms with van der Waals surface area (Å²) in [7, 11) is 3.85. The van der Waals surface area contributed by atoms with Gasteiger partial charge in [0.15, 0.2) is 0 Å². The maximum atomic E-state index is 12.5. The Morgan fingerprint density at radius 1 is 1.40 bits per heavy atom. The van der Waals surface area contributed by atoms with E-state index in [0.29, 0.717) is 24.9 Å². The standard InChI is InChI=1S/C13H23N3O3S/c1-14-5-3-4-10(14)8-15(2)13(19)16-6-7-20-9-11(16)12(17)18/h10-11H,3-9H2,1-2H3,(H,17,18). The van der Waals surface area contributed by atoms with Crippen molar-refractivity contribution in [3.05, 3.63) is 0 Å². The molecule has 2 atom stereocenters. The van der Waals surface area contributed by atoms with Crippen LogP contribution in [-0.2, 0) is 4.79 Å². The van der Waals surface area contributed by atoms with Gasteiger partial charge in [0.05, 0.1) is 0 Å². The lowest BCUT2D eigenvalue weighted by molar-refractivity contribution is -0.141. The highest BCUT2D eigenvalue weighted by Gasteiger charge is 2.35. The Balaban J connectivity index is 1.95. The van der Waals surface area contributed by atoms with Crippen LogP contribution in [0.4, 0.5) is 4.79 Å². The van der Waals surface area contributed by atoms with Gasteiger partial charge >= 0.3 is 12.0 Å². The molecule has 0 spiro atoms. The summed E-state index contributed by atoms with van der Waals surface area (Å²) in [5.41, 5.74) is 0. The number of carbonyl (C=O) groups is 2. The first kappa shape index (κ1) is 15.4. The molecule has 2 rings (SSSR count). The summed E-state index contributed by atoms with van der Waals surface area (Å²) in [5, 5.41) is 9.23. The molecule has 0 aromatic heterocycles. The highest BCUT2D eigenvalue weighted by Crippen LogP contribution is 2.20. The third-order valence-electron chi connectivity index (χ3n) is 4.14. The van der Waals surface area contributed by atoms with Crippen LogP contribution >= 0.6 is 11.8 Å². The summed E-state index contributed by atoms with van der Waals surface area (Å²) < 4.78 is 0. The molecule has 114 valence electrons. The number of aliphatic carboxylic acids is 1. The number of carboxylic acid groups (broad SMARTS) is 1. The predicted octanol–water partition coefficient (Wildman–Crippen LogP) is 0.634. The van der Waals surface area contributed by atoms with Gasteiger partial charge in [-0.15, -0.1) is 0 Å². The van der Waals surface area contributed by atoms with Crippen LogP contribution in [0.2, 0.25) is 0 Å². The maximum Gasteiger partial charge on any atom is 0.327 e. The van der Waals surface area contributed by atoms with Gasteiger partial charge in [-0.1, -0.05) is 0 Å². The van der Waals surface area contributed by atoms with Crippen LogP contribution in [0.25, 0.3) is 0 Å². The van der Waals surface area contributed by atoms with E-state index in [4.69, 9.17) is 0 Å². The van der Waals surface area contributed by atoms with Crippen LogP contribution < -0.4 is 0 Å². The van der Waals surface area contributed by atoms with Crippen LogP contribution in [0.15, 0.2) is 0 Å². The van der Waals surface area contributed by atoms with Crippen LogP contribution in [-0.4, -0.2) is 89.1 Å². The van der Waals surface area contributed by atoms with E-state index in [-0.39, 0.29) is 6.03 Å². The van der Waals surface area contributed by atoms with Crippen molar-refractivity contribution in [2.45, 2.75) is 24.9 Å². The second-order valence-corrected chi connectivity index (χ2v) is 6.71. The van der Waals surface area contributed by atoms with Gasteiger partial charge in [-0.25, -0.2) is 9.59 Å². The van der Waals surface area contributed by atoms with E-state index in [9.17, 15) is 14.7 Å². The first-order valence-corrected chi connectivity index (χ1v) is 8.18. The number of carbonyl (C=O) groups excluding carboxylic acids is 1. The van der Waals surface area contributed by atoms with Gasteiger partial charge in [0.25, 0.3) is 0 Å². The van der Waals surface area contributed by atoms with Gasteiger partial charge in [0.2, 0.25) is 0 Å². The summed E-state index contributed by atoms with van der Waals surface area (Å²) in [5.74, 6) is 0.391. The van der Waals surface area contributed by atoms with Crippen molar-refractivity contribution in [2.24, 2.45) is 0 Å². The normalized spacial score (nSPS) is 27.6. The van der Waals surface area contributed by atoms with E-state index in [1.807, 2.05) is 0 Å². The van der Waals surface area contributed by atoms with Gasteiger partial charge in [0.1, 0.15) is 6.04 Å². The fourth-order valence-corrected chi connectivity index (χ4v) is 3.90. The molecule has 20 heavy (non-hydrogen) atoms. The lowest BCUT2D eigenvalue weighted by Gasteiger charge is -2.36. The van der Waals surface area contributed by atoms with E-state index < -0.39 is 12.0 Å². The van der Waals surface area contributed by atoms with Gasteiger partial charge in [-0.3, -0.25) is 0 Å². The van der Waals surface area contributed by atoms with Crippen molar-refractivity contribution in [3.63, 3.8) is 0 Å². The summed E-state index contributed by atoms with van der Waals surface area (Å²) in [6.45, 7) is 2.27. The van der Waals surface area contributed by atoms with Gasteiger partial charge in [0, 0.05) is 37.7 Å². The molecule has 1 N–H and O–H groups in total. The van der Waals surface area contributed by atoms with Crippen LogP contribution in [0.5, 0.6) is 0 Å². The molecule has 2 amide bonds. The predicted molar refractivity (Wildman–Crippen MR) is 79.1 cm³/mol. The molecule has 0 aromatic carbocycles. The molecule has 2 unspecified atom stereocenters. The molecule has 0 aliphatic carbocycles. The zero-order chi connectivity index (χ0) is 14.7. The van der Waals surface area contributed by atoms with Crippen LogP contribution in [0.3, 0.4) is 0 Å². The maximum absolute atomic E-state index is 12.5. The molecule has 2 saturated heterocycles. The Bertz CT molecular complexity index is 380. The van der Waals surface area contributed by atoms with E-state index >= 15 is 0 Å². The molecule has 2 heterocycles. The van der Waals surface area contributed by atoms with Gasteiger partial charge < -0.3 is 19.8 Å². The molecule has 2 fully saturated rings. The Hall–Kier alpha value is -0.950. The van der Waals surface area contributed by atoms with Gasteiger partial charge in [-0.05, 0) is 26.4 Å². The zero-order valence-corrected chi connectivity index (χ0v) is 12.9. The first-order valence-electron chi connectivity index (χ1n) is 7.03. The minimum absolute atomic E-state index is 0.155. The average Bonchev–Trinajstić information content (AvgIpc) is 2.83. The minimum Gasteiger partial charge on any atom is -0.480 e. The Labute approximate surface area is 124 Å². The van der Waals surface area contributed by atoms with Crippen LogP contribution in [0, 0.1) is 0 Å². The molecule has 7 heteroatoms. The fraction of sp³-hybridized carbons (Fsp3) is 0.846. The topological polar surface area (TPSA) is 64.1 Å². The number of carboxylic acids is 1. The van der Waals surface area contributed by atoms with Gasteiger partial charge in [-0.2, -0.15) is 11.8 Å². The molecular weight excluding hydrogens is 278 g/mol. The number of hydrogen-bond acceptors (Lipinski definition) is 4. The lowest BCUT2D eigenvalue weighted by Crippen LogP contribution is -2.55. The molecule has 2 aliphatic rings. The average molecular weight is 301 g/mol. The number of thioether (sulfide) groups is 1. The summed E-state index contributed by atoms with van der Waals surface area (Å²) in [6.07, 6.45) is 2.27. The second kappa shape index (κ2) is 6.67. The highest BCUT2D eigenvalue weighted by molar-refractivity contribution is 7.99. The molecule has 0 radical (unpaired) electrons. The largest absolute Gasteiger partial charge is 0.480 e. The van der Waals surface area contributed by atoms with Crippen LogP contribution in [0.1, 0.15) is 12.8 Å². The number of likely N-dealkylation sites (tertiary alicyclic amines) is 1. The van der Waals surface area contributed by atoms with Crippen molar-refractivity contribution in [1.82, 2.24) is 14.7 Å². The number of hydrogen-bond donors (Lipinski definition) is 1. The van der Waals surface area contributed by atoms with Crippen molar-refractivity contribution in [1.29, 1.82) is 0 Å². The number of rotatable bonds is 3. The Morgan fingerprint density at radius 3 is 2.75 bits per heavy atom. The van der Waals surface area contributed by atoms with Crippen molar-refractivity contribution in [2.75, 3.05) is 45.2 Å². The quantitative estimate of drug-likeness (QED) is 0.828. The van der Waals surface area contributed by atoms with E-state index in [1.54, 1.807) is 23.7 Å². The fourth-order valence-electron chi connectivity index (χ4n) is 2.86. The third-order valence-corrected chi connectivity index (χ3v) is 5.16. The minimum atomic E-state index is -0.906.